The van der Waals surface area contributed by atoms with Crippen molar-refractivity contribution < 1.29 is 18.7 Å². The standard InChI is InChI=1S/C18H25FN4O3S/c1-5-20-17(24)13(3)27-18-22-21-16(23(18)12(2)10-25-4)11-26-15-9-7-6-8-14(15)19/h6-9,12-13H,5,10-11H2,1-4H3,(H,20,24)/t12-,13+/m1/s1. The number of hydrogen-bond donors (Lipinski definition) is 1. The van der Waals surface area contributed by atoms with E-state index in [-0.39, 0.29) is 29.6 Å². The Morgan fingerprint density at radius 1 is 1.33 bits per heavy atom. The molecule has 0 aliphatic rings. The number of amides is 1. The number of aromatic nitrogens is 3. The average molecular weight is 396 g/mol. The van der Waals surface area contributed by atoms with Crippen molar-refractivity contribution in [1.82, 2.24) is 20.1 Å². The van der Waals surface area contributed by atoms with Gasteiger partial charge in [0.15, 0.2) is 22.5 Å². The molecular formula is C18H25FN4O3S. The highest BCUT2D eigenvalue weighted by Crippen LogP contribution is 2.27. The van der Waals surface area contributed by atoms with Gasteiger partial charge in [0.1, 0.15) is 6.61 Å². The van der Waals surface area contributed by atoms with Gasteiger partial charge in [-0.05, 0) is 32.9 Å². The third-order valence-electron chi connectivity index (χ3n) is 3.78. The molecule has 7 nitrogen and oxygen atoms in total. The second kappa shape index (κ2) is 10.3. The molecule has 9 heteroatoms. The van der Waals surface area contributed by atoms with Crippen LogP contribution in [0.15, 0.2) is 29.4 Å². The van der Waals surface area contributed by atoms with E-state index in [1.807, 2.05) is 25.3 Å². The number of ether oxygens (including phenoxy) is 2. The average Bonchev–Trinajstić information content (AvgIpc) is 3.04. The number of halogens is 1. The first-order valence-corrected chi connectivity index (χ1v) is 9.60. The molecule has 0 fully saturated rings. The predicted octanol–water partition coefficient (Wildman–Crippen LogP) is 2.82. The van der Waals surface area contributed by atoms with Gasteiger partial charge in [0, 0.05) is 13.7 Å². The van der Waals surface area contributed by atoms with E-state index in [9.17, 15) is 9.18 Å². The topological polar surface area (TPSA) is 78.3 Å². The van der Waals surface area contributed by atoms with Crippen LogP contribution < -0.4 is 10.1 Å². The first kappa shape index (κ1) is 21.2. The van der Waals surface area contributed by atoms with Crippen LogP contribution in [0.2, 0.25) is 0 Å². The molecule has 148 valence electrons. The van der Waals surface area contributed by atoms with Crippen molar-refractivity contribution >= 4 is 17.7 Å². The molecule has 2 rings (SSSR count). The quantitative estimate of drug-likeness (QED) is 0.622. The summed E-state index contributed by atoms with van der Waals surface area (Å²) in [6, 6.07) is 6.12. The van der Waals surface area contributed by atoms with Crippen LogP contribution in [0.4, 0.5) is 4.39 Å². The molecular weight excluding hydrogens is 371 g/mol. The van der Waals surface area contributed by atoms with Crippen LogP contribution in [0.3, 0.4) is 0 Å². The number of methoxy groups -OCH3 is 1. The summed E-state index contributed by atoms with van der Waals surface area (Å²) in [4.78, 5) is 12.0. The lowest BCUT2D eigenvalue weighted by molar-refractivity contribution is -0.120. The summed E-state index contributed by atoms with van der Waals surface area (Å²) < 4.78 is 26.5. The Morgan fingerprint density at radius 3 is 2.74 bits per heavy atom. The zero-order valence-corrected chi connectivity index (χ0v) is 16.8. The van der Waals surface area contributed by atoms with Crippen LogP contribution in [0.5, 0.6) is 5.75 Å². The lowest BCUT2D eigenvalue weighted by Gasteiger charge is -2.18. The van der Waals surface area contributed by atoms with Crippen molar-refractivity contribution in [2.75, 3.05) is 20.3 Å². The van der Waals surface area contributed by atoms with Gasteiger partial charge < -0.3 is 14.8 Å². The predicted molar refractivity (Wildman–Crippen MR) is 101 cm³/mol. The van der Waals surface area contributed by atoms with Gasteiger partial charge in [-0.15, -0.1) is 10.2 Å². The maximum absolute atomic E-state index is 13.8. The lowest BCUT2D eigenvalue weighted by atomic mass is 10.3. The third kappa shape index (κ3) is 5.67. The van der Waals surface area contributed by atoms with Crippen LogP contribution in [0.25, 0.3) is 0 Å². The second-order valence-corrected chi connectivity index (χ2v) is 7.25. The Kier molecular flexibility index (Phi) is 8.05. The summed E-state index contributed by atoms with van der Waals surface area (Å²) in [7, 11) is 1.61. The maximum Gasteiger partial charge on any atom is 0.233 e. The fourth-order valence-electron chi connectivity index (χ4n) is 2.48. The number of benzene rings is 1. The van der Waals surface area contributed by atoms with Gasteiger partial charge in [-0.25, -0.2) is 4.39 Å². The van der Waals surface area contributed by atoms with E-state index < -0.39 is 5.82 Å². The number of carbonyl (C=O) groups is 1. The van der Waals surface area contributed by atoms with Crippen LogP contribution in [0, 0.1) is 5.82 Å². The molecule has 0 saturated heterocycles. The number of thioether (sulfide) groups is 1. The first-order valence-electron chi connectivity index (χ1n) is 8.72. The molecule has 0 bridgehead atoms. The molecule has 0 unspecified atom stereocenters. The van der Waals surface area contributed by atoms with E-state index in [0.717, 1.165) is 0 Å². The molecule has 27 heavy (non-hydrogen) atoms. The molecule has 1 amide bonds. The van der Waals surface area contributed by atoms with Crippen molar-refractivity contribution in [3.05, 3.63) is 35.9 Å². The fourth-order valence-corrected chi connectivity index (χ4v) is 3.47. The SMILES string of the molecule is CCNC(=O)[C@H](C)Sc1nnc(COc2ccccc2F)n1[C@H](C)COC. The van der Waals surface area contributed by atoms with Crippen molar-refractivity contribution in [1.29, 1.82) is 0 Å². The minimum absolute atomic E-state index is 0.0537. The summed E-state index contributed by atoms with van der Waals surface area (Å²) in [5.74, 6) is 0.179. The molecule has 0 spiro atoms. The molecule has 0 radical (unpaired) electrons. The van der Waals surface area contributed by atoms with Crippen LogP contribution in [-0.2, 0) is 16.1 Å². The summed E-state index contributed by atoms with van der Waals surface area (Å²) in [6.45, 7) is 6.70. The van der Waals surface area contributed by atoms with Gasteiger partial charge in [-0.2, -0.15) is 0 Å². The van der Waals surface area contributed by atoms with E-state index in [0.29, 0.717) is 24.1 Å². The number of para-hydroxylation sites is 1. The van der Waals surface area contributed by atoms with E-state index in [4.69, 9.17) is 9.47 Å². The molecule has 1 aromatic heterocycles. The van der Waals surface area contributed by atoms with Crippen molar-refractivity contribution in [2.24, 2.45) is 0 Å². The third-order valence-corrected chi connectivity index (χ3v) is 4.84. The molecule has 2 atom stereocenters. The van der Waals surface area contributed by atoms with Crippen molar-refractivity contribution in [2.45, 2.75) is 43.8 Å². The van der Waals surface area contributed by atoms with E-state index in [1.54, 1.807) is 25.3 Å². The summed E-state index contributed by atoms with van der Waals surface area (Å²) in [6.07, 6.45) is 0. The smallest absolute Gasteiger partial charge is 0.233 e. The fraction of sp³-hybridized carbons (Fsp3) is 0.500. The molecule has 1 N–H and O–H groups in total. The van der Waals surface area contributed by atoms with E-state index in [1.165, 1.54) is 17.8 Å². The molecule has 0 aliphatic heterocycles. The Labute approximate surface area is 162 Å². The van der Waals surface area contributed by atoms with Crippen LogP contribution in [-0.4, -0.2) is 46.2 Å². The minimum atomic E-state index is -0.437. The summed E-state index contributed by atoms with van der Waals surface area (Å²) >= 11 is 1.31. The Balaban J connectivity index is 2.20. The second-order valence-electron chi connectivity index (χ2n) is 5.95. The minimum Gasteiger partial charge on any atom is -0.483 e. The van der Waals surface area contributed by atoms with E-state index >= 15 is 0 Å². The largest absolute Gasteiger partial charge is 0.483 e. The van der Waals surface area contributed by atoms with Crippen LogP contribution in [0.1, 0.15) is 32.6 Å². The van der Waals surface area contributed by atoms with Gasteiger partial charge in [0.25, 0.3) is 0 Å². The molecule has 0 saturated carbocycles. The molecule has 1 aromatic carbocycles. The lowest BCUT2D eigenvalue weighted by Crippen LogP contribution is -2.31. The highest BCUT2D eigenvalue weighted by molar-refractivity contribution is 8.00. The first-order chi connectivity index (χ1) is 13.0. The number of nitrogens with zero attached hydrogens (tertiary/aromatic N) is 3. The normalized spacial score (nSPS) is 13.2. The number of rotatable bonds is 10. The molecule has 1 heterocycles. The Bertz CT molecular complexity index is 756. The van der Waals surface area contributed by atoms with Gasteiger partial charge >= 0.3 is 0 Å². The van der Waals surface area contributed by atoms with E-state index in [2.05, 4.69) is 15.5 Å². The van der Waals surface area contributed by atoms with Crippen molar-refractivity contribution in [3.63, 3.8) is 0 Å². The number of carbonyl (C=O) groups excluding carboxylic acids is 1. The highest BCUT2D eigenvalue weighted by Gasteiger charge is 2.23. The van der Waals surface area contributed by atoms with Gasteiger partial charge in [-0.3, -0.25) is 9.36 Å². The van der Waals surface area contributed by atoms with Crippen LogP contribution >= 0.6 is 11.8 Å². The molecule has 2 aromatic rings. The molecule has 0 aliphatic carbocycles. The van der Waals surface area contributed by atoms with Gasteiger partial charge in [-0.1, -0.05) is 23.9 Å². The monoisotopic (exact) mass is 396 g/mol. The summed E-state index contributed by atoms with van der Waals surface area (Å²) in [5.41, 5.74) is 0. The van der Waals surface area contributed by atoms with Gasteiger partial charge in [0.2, 0.25) is 5.91 Å². The Hall–Kier alpha value is -2.13. The van der Waals surface area contributed by atoms with Gasteiger partial charge in [0.05, 0.1) is 17.9 Å². The highest BCUT2D eigenvalue weighted by atomic mass is 32.2. The Morgan fingerprint density at radius 2 is 2.07 bits per heavy atom. The number of hydrogen-bond acceptors (Lipinski definition) is 6. The summed E-state index contributed by atoms with van der Waals surface area (Å²) in [5, 5.41) is 11.4. The number of nitrogens with one attached hydrogen (secondary N) is 1. The zero-order valence-electron chi connectivity index (χ0n) is 15.9. The maximum atomic E-state index is 13.8. The van der Waals surface area contributed by atoms with Crippen molar-refractivity contribution in [3.8, 4) is 5.75 Å². The zero-order chi connectivity index (χ0) is 19.8.